The second-order valence-corrected chi connectivity index (χ2v) is 11.6. The number of aliphatic hydroxyl groups is 1. The molecule has 4 aliphatic heterocycles. The van der Waals surface area contributed by atoms with E-state index in [-0.39, 0.29) is 11.9 Å². The van der Waals surface area contributed by atoms with E-state index in [0.29, 0.717) is 36.2 Å². The molecule has 2 bridgehead atoms. The Labute approximate surface area is 236 Å². The van der Waals surface area contributed by atoms with Crippen molar-refractivity contribution in [2.24, 2.45) is 0 Å². The number of anilines is 2. The summed E-state index contributed by atoms with van der Waals surface area (Å²) in [5.41, 5.74) is 6.61. The van der Waals surface area contributed by atoms with Crippen LogP contribution in [0.3, 0.4) is 0 Å². The maximum Gasteiger partial charge on any atom is 0.128 e. The normalized spacial score (nSPS) is 23.4. The average Bonchev–Trinajstić information content (AvgIpc) is 3.73. The first kappa shape index (κ1) is 24.5. The van der Waals surface area contributed by atoms with Crippen molar-refractivity contribution < 1.29 is 9.50 Å². The maximum absolute atomic E-state index is 14.1. The van der Waals surface area contributed by atoms with Gasteiger partial charge in [-0.1, -0.05) is 0 Å². The highest BCUT2D eigenvalue weighted by atomic mass is 19.1. The number of aliphatic hydroxyl groups excluding tert-OH is 1. The lowest BCUT2D eigenvalue weighted by molar-refractivity contribution is -0.00876. The predicted molar refractivity (Wildman–Crippen MR) is 153 cm³/mol. The summed E-state index contributed by atoms with van der Waals surface area (Å²) in [6.07, 6.45) is 11.1. The number of aromatic nitrogens is 4. The molecule has 206 valence electrons. The Morgan fingerprint density at radius 1 is 1.02 bits per heavy atom. The van der Waals surface area contributed by atoms with Crippen LogP contribution in [0.2, 0.25) is 0 Å². The van der Waals surface area contributed by atoms with Gasteiger partial charge >= 0.3 is 0 Å². The van der Waals surface area contributed by atoms with Gasteiger partial charge in [0.25, 0.3) is 0 Å². The van der Waals surface area contributed by atoms with E-state index in [1.165, 1.54) is 0 Å². The van der Waals surface area contributed by atoms with Crippen LogP contribution in [-0.4, -0.2) is 74.0 Å². The lowest BCUT2D eigenvalue weighted by atomic mass is 9.86. The van der Waals surface area contributed by atoms with Crippen LogP contribution >= 0.6 is 0 Å². The first-order valence-electron chi connectivity index (χ1n) is 14.2. The van der Waals surface area contributed by atoms with Gasteiger partial charge in [-0.2, -0.15) is 10.4 Å². The van der Waals surface area contributed by atoms with Gasteiger partial charge in [-0.15, -0.1) is 0 Å². The molecule has 0 radical (unpaired) electrons. The summed E-state index contributed by atoms with van der Waals surface area (Å²) in [7, 11) is 0. The molecule has 8 heterocycles. The van der Waals surface area contributed by atoms with Crippen LogP contribution in [0.15, 0.2) is 55.1 Å². The lowest BCUT2D eigenvalue weighted by Gasteiger charge is -2.56. The fourth-order valence-corrected chi connectivity index (χ4v) is 6.92. The molecule has 0 aromatic carbocycles. The Morgan fingerprint density at radius 2 is 1.90 bits per heavy atom. The molecule has 41 heavy (non-hydrogen) atoms. The molecule has 0 amide bonds. The number of nitriles is 1. The van der Waals surface area contributed by atoms with Crippen LogP contribution in [0.25, 0.3) is 22.5 Å². The number of piperazine rings is 1. The van der Waals surface area contributed by atoms with E-state index >= 15 is 0 Å². The molecule has 1 aliphatic carbocycles. The summed E-state index contributed by atoms with van der Waals surface area (Å²) in [6.45, 7) is 3.94. The van der Waals surface area contributed by atoms with Gasteiger partial charge in [-0.3, -0.25) is 9.88 Å². The molecule has 9 rings (SSSR count). The molecule has 1 N–H and O–H groups in total. The van der Waals surface area contributed by atoms with Gasteiger partial charge in [-0.25, -0.2) is 13.9 Å². The third-order valence-corrected chi connectivity index (χ3v) is 9.10. The smallest absolute Gasteiger partial charge is 0.128 e. The number of hydrogen-bond donors (Lipinski definition) is 1. The van der Waals surface area contributed by atoms with E-state index in [4.69, 9.17) is 4.98 Å². The SMILES string of the molecule is N#Cc1cnn2cc(N3CCC(O)C3)cc(-c3ccc(N4CC5CC(C4)N5Cc4cnc5c(c4)C(F)=CC5)nc3)c12. The van der Waals surface area contributed by atoms with E-state index in [2.05, 4.69) is 49.1 Å². The molecule has 10 heteroatoms. The Bertz CT molecular complexity index is 1730. The third-order valence-electron chi connectivity index (χ3n) is 9.10. The summed E-state index contributed by atoms with van der Waals surface area (Å²) in [6, 6.07) is 11.3. The molecule has 0 spiro atoms. The summed E-state index contributed by atoms with van der Waals surface area (Å²) in [4.78, 5) is 16.4. The standard InChI is InChI=1S/C31H29FN8O/c32-28-2-3-29-27(28)7-19(11-34-29)14-39-23-8-24(39)16-38(15-23)30-4-1-20(12-35-30)26-9-22(37-6-5-25(41)18-37)17-40-31(26)21(10-33)13-36-40/h1-2,4,7,9,11-13,17,23-25,41H,3,5-6,8,14-16,18H2. The second-order valence-electron chi connectivity index (χ2n) is 11.6. The highest BCUT2D eigenvalue weighted by Crippen LogP contribution is 2.37. The van der Waals surface area contributed by atoms with Crippen LogP contribution in [-0.2, 0) is 13.0 Å². The Morgan fingerprint density at radius 3 is 2.66 bits per heavy atom. The lowest BCUT2D eigenvalue weighted by Crippen LogP contribution is -2.68. The molecule has 3 unspecified atom stereocenters. The van der Waals surface area contributed by atoms with Crippen molar-refractivity contribution in [1.82, 2.24) is 24.5 Å². The highest BCUT2D eigenvalue weighted by molar-refractivity contribution is 5.86. The molecule has 4 aromatic rings. The van der Waals surface area contributed by atoms with Gasteiger partial charge in [0.2, 0.25) is 0 Å². The van der Waals surface area contributed by atoms with Gasteiger partial charge in [0.05, 0.1) is 41.0 Å². The number of nitrogens with zero attached hydrogens (tertiary/aromatic N) is 8. The summed E-state index contributed by atoms with van der Waals surface area (Å²) >= 11 is 0. The van der Waals surface area contributed by atoms with E-state index < -0.39 is 0 Å². The highest BCUT2D eigenvalue weighted by Gasteiger charge is 2.44. The molecular weight excluding hydrogens is 519 g/mol. The number of allylic oxidation sites excluding steroid dienone is 1. The van der Waals surface area contributed by atoms with E-state index in [0.717, 1.165) is 78.4 Å². The number of β-amino-alcohol motifs (C(OH)–C–C–N with tert-alkyl or cyclic N) is 1. The summed E-state index contributed by atoms with van der Waals surface area (Å²) in [5.74, 6) is 0.789. The second kappa shape index (κ2) is 9.36. The van der Waals surface area contributed by atoms with E-state index in [1.54, 1.807) is 16.8 Å². The van der Waals surface area contributed by atoms with Gasteiger partial charge in [0.1, 0.15) is 17.7 Å². The predicted octanol–water partition coefficient (Wildman–Crippen LogP) is 3.56. The molecule has 4 fully saturated rings. The van der Waals surface area contributed by atoms with E-state index in [1.807, 2.05) is 24.7 Å². The number of pyridine rings is 3. The van der Waals surface area contributed by atoms with Gasteiger partial charge in [0, 0.05) is 80.3 Å². The van der Waals surface area contributed by atoms with Crippen LogP contribution < -0.4 is 9.80 Å². The van der Waals surface area contributed by atoms with Crippen LogP contribution in [0.1, 0.15) is 35.2 Å². The minimum absolute atomic E-state index is 0.154. The van der Waals surface area contributed by atoms with Crippen LogP contribution in [0, 0.1) is 11.3 Å². The quantitative estimate of drug-likeness (QED) is 0.405. The van der Waals surface area contributed by atoms with E-state index in [9.17, 15) is 14.8 Å². The van der Waals surface area contributed by atoms with Gasteiger partial charge in [-0.05, 0) is 48.7 Å². The van der Waals surface area contributed by atoms with Gasteiger partial charge in [0.15, 0.2) is 0 Å². The molecule has 0 saturated carbocycles. The number of halogens is 1. The molecule has 5 aliphatic rings. The minimum Gasteiger partial charge on any atom is -0.391 e. The summed E-state index contributed by atoms with van der Waals surface area (Å²) < 4.78 is 15.9. The molecule has 4 aromatic heterocycles. The number of rotatable bonds is 5. The topological polar surface area (TPSA) is 96.8 Å². The van der Waals surface area contributed by atoms with Gasteiger partial charge < -0.3 is 14.9 Å². The fourth-order valence-electron chi connectivity index (χ4n) is 6.92. The minimum atomic E-state index is -0.334. The Kier molecular flexibility index (Phi) is 5.59. The van der Waals surface area contributed by atoms with Crippen molar-refractivity contribution >= 4 is 22.8 Å². The Hall–Kier alpha value is -4.33. The summed E-state index contributed by atoms with van der Waals surface area (Å²) in [5, 5.41) is 24.2. The zero-order valence-corrected chi connectivity index (χ0v) is 22.5. The molecule has 9 nitrogen and oxygen atoms in total. The fraction of sp³-hybridized carbons (Fsp3) is 0.355. The number of hydrogen-bond acceptors (Lipinski definition) is 8. The number of fused-ring (bicyclic) bond motifs is 4. The van der Waals surface area contributed by atoms with Crippen LogP contribution in [0.5, 0.6) is 0 Å². The van der Waals surface area contributed by atoms with Crippen molar-refractivity contribution in [3.8, 4) is 17.2 Å². The van der Waals surface area contributed by atoms with Crippen molar-refractivity contribution in [3.05, 3.63) is 77.5 Å². The monoisotopic (exact) mass is 548 g/mol. The first-order chi connectivity index (χ1) is 20.0. The molecule has 3 atom stereocenters. The first-order valence-corrected chi connectivity index (χ1v) is 14.2. The van der Waals surface area contributed by atoms with Crippen molar-refractivity contribution in [2.45, 2.75) is 44.0 Å². The third kappa shape index (κ3) is 4.07. The van der Waals surface area contributed by atoms with Crippen molar-refractivity contribution in [1.29, 1.82) is 5.26 Å². The zero-order chi connectivity index (χ0) is 27.7. The maximum atomic E-state index is 14.1. The zero-order valence-electron chi connectivity index (χ0n) is 22.5. The number of piperidine rings is 1. The Balaban J connectivity index is 1.01. The largest absolute Gasteiger partial charge is 0.391 e. The molecule has 4 saturated heterocycles. The van der Waals surface area contributed by atoms with Crippen molar-refractivity contribution in [3.63, 3.8) is 0 Å². The molecular formula is C31H29FN8O. The van der Waals surface area contributed by atoms with Crippen molar-refractivity contribution in [2.75, 3.05) is 36.0 Å². The average molecular weight is 549 g/mol. The van der Waals surface area contributed by atoms with Crippen LogP contribution in [0.4, 0.5) is 15.9 Å².